The molecular formula is C21H26ClN3O2. The maximum atomic E-state index is 12.2. The highest BCUT2D eigenvalue weighted by molar-refractivity contribution is 6.33. The highest BCUT2D eigenvalue weighted by Gasteiger charge is 2.17. The molecule has 3 rings (SSSR count). The number of rotatable bonds is 5. The number of carbonyl (C=O) groups is 1. The molecule has 5 nitrogen and oxygen atoms in total. The molecule has 0 aliphatic carbocycles. The summed E-state index contributed by atoms with van der Waals surface area (Å²) >= 11 is 6.45. The van der Waals surface area contributed by atoms with Gasteiger partial charge in [0.1, 0.15) is 5.75 Å². The summed E-state index contributed by atoms with van der Waals surface area (Å²) in [4.78, 5) is 16.8. The van der Waals surface area contributed by atoms with Crippen molar-refractivity contribution in [3.8, 4) is 5.75 Å². The summed E-state index contributed by atoms with van der Waals surface area (Å²) in [5, 5.41) is 3.49. The van der Waals surface area contributed by atoms with E-state index in [2.05, 4.69) is 28.2 Å². The van der Waals surface area contributed by atoms with E-state index in [-0.39, 0.29) is 12.5 Å². The quantitative estimate of drug-likeness (QED) is 0.849. The number of hydrogen-bond acceptors (Lipinski definition) is 4. The van der Waals surface area contributed by atoms with Crippen LogP contribution in [-0.4, -0.2) is 50.6 Å². The molecule has 1 saturated heterocycles. The van der Waals surface area contributed by atoms with Gasteiger partial charge in [-0.25, -0.2) is 0 Å². The third-order valence-electron chi connectivity index (χ3n) is 4.64. The Morgan fingerprint density at radius 1 is 1.07 bits per heavy atom. The van der Waals surface area contributed by atoms with Crippen LogP contribution in [0.15, 0.2) is 36.4 Å². The third-order valence-corrected chi connectivity index (χ3v) is 4.94. The van der Waals surface area contributed by atoms with Crippen LogP contribution in [0.5, 0.6) is 5.75 Å². The van der Waals surface area contributed by atoms with Gasteiger partial charge in [-0.2, -0.15) is 0 Å². The Kier molecular flexibility index (Phi) is 6.24. The molecular weight excluding hydrogens is 362 g/mol. The summed E-state index contributed by atoms with van der Waals surface area (Å²) in [6.07, 6.45) is 0. The number of nitrogens with zero attached hydrogens (tertiary/aromatic N) is 2. The van der Waals surface area contributed by atoms with Crippen molar-refractivity contribution in [1.82, 2.24) is 4.90 Å². The normalized spacial score (nSPS) is 14.9. The maximum absolute atomic E-state index is 12.2. The van der Waals surface area contributed by atoms with Gasteiger partial charge in [0.15, 0.2) is 6.61 Å². The molecule has 1 heterocycles. The first kappa shape index (κ1) is 19.5. The number of hydrogen-bond donors (Lipinski definition) is 1. The van der Waals surface area contributed by atoms with Gasteiger partial charge in [0.2, 0.25) is 0 Å². The number of amides is 1. The van der Waals surface area contributed by atoms with Crippen molar-refractivity contribution in [2.45, 2.75) is 13.8 Å². The van der Waals surface area contributed by atoms with E-state index in [0.29, 0.717) is 16.5 Å². The van der Waals surface area contributed by atoms with Crippen LogP contribution in [0.1, 0.15) is 11.1 Å². The van der Waals surface area contributed by atoms with E-state index < -0.39 is 0 Å². The Bertz CT molecular complexity index is 797. The molecule has 0 spiro atoms. The largest absolute Gasteiger partial charge is 0.484 e. The Labute approximate surface area is 165 Å². The van der Waals surface area contributed by atoms with Crippen molar-refractivity contribution in [2.75, 3.05) is 50.1 Å². The van der Waals surface area contributed by atoms with Crippen LogP contribution in [0.2, 0.25) is 5.02 Å². The average Bonchev–Trinajstić information content (AvgIpc) is 2.60. The second-order valence-electron chi connectivity index (χ2n) is 7.12. The molecule has 2 aromatic carbocycles. The van der Waals surface area contributed by atoms with Crippen molar-refractivity contribution in [1.29, 1.82) is 0 Å². The summed E-state index contributed by atoms with van der Waals surface area (Å²) in [6, 6.07) is 11.5. The number of carbonyl (C=O) groups excluding carboxylic acids is 1. The van der Waals surface area contributed by atoms with Gasteiger partial charge in [0.05, 0.1) is 10.7 Å². The number of ether oxygens (including phenoxy) is 1. The lowest BCUT2D eigenvalue weighted by Crippen LogP contribution is -2.44. The SMILES string of the molecule is Cc1cc(C)cc(OCC(=O)Nc2ccc(N3CCN(C)CC3)c(Cl)c2)c1. The highest BCUT2D eigenvalue weighted by atomic mass is 35.5. The summed E-state index contributed by atoms with van der Waals surface area (Å²) in [7, 11) is 2.12. The van der Waals surface area contributed by atoms with Crippen LogP contribution < -0.4 is 15.0 Å². The Morgan fingerprint density at radius 2 is 1.74 bits per heavy atom. The number of nitrogens with one attached hydrogen (secondary N) is 1. The van der Waals surface area contributed by atoms with Gasteiger partial charge in [0, 0.05) is 31.9 Å². The number of benzene rings is 2. The summed E-state index contributed by atoms with van der Waals surface area (Å²) in [6.45, 7) is 7.90. The second-order valence-corrected chi connectivity index (χ2v) is 7.52. The molecule has 6 heteroatoms. The number of halogens is 1. The van der Waals surface area contributed by atoms with Crippen LogP contribution in [-0.2, 0) is 4.79 Å². The standard InChI is InChI=1S/C21H26ClN3O2/c1-15-10-16(2)12-18(11-15)27-14-21(26)23-17-4-5-20(19(22)13-17)25-8-6-24(3)7-9-25/h4-5,10-13H,6-9,14H2,1-3H3,(H,23,26). The Balaban J connectivity index is 1.57. The summed E-state index contributed by atoms with van der Waals surface area (Å²) in [5.74, 6) is 0.490. The first-order valence-corrected chi connectivity index (χ1v) is 9.52. The number of aryl methyl sites for hydroxylation is 2. The summed E-state index contributed by atoms with van der Waals surface area (Å²) < 4.78 is 5.60. The van der Waals surface area contributed by atoms with E-state index >= 15 is 0 Å². The van der Waals surface area contributed by atoms with Gasteiger partial charge in [-0.3, -0.25) is 4.79 Å². The lowest BCUT2D eigenvalue weighted by molar-refractivity contribution is -0.118. The maximum Gasteiger partial charge on any atom is 0.262 e. The fourth-order valence-corrected chi connectivity index (χ4v) is 3.55. The van der Waals surface area contributed by atoms with Crippen molar-refractivity contribution >= 4 is 28.9 Å². The van der Waals surface area contributed by atoms with E-state index in [1.54, 1.807) is 6.07 Å². The van der Waals surface area contributed by atoms with Gasteiger partial charge in [-0.05, 0) is 62.4 Å². The van der Waals surface area contributed by atoms with Crippen LogP contribution in [0.25, 0.3) is 0 Å². The van der Waals surface area contributed by atoms with Crippen molar-refractivity contribution in [3.05, 3.63) is 52.5 Å². The van der Waals surface area contributed by atoms with Crippen molar-refractivity contribution in [2.24, 2.45) is 0 Å². The lowest BCUT2D eigenvalue weighted by atomic mass is 10.1. The van der Waals surface area contributed by atoms with Crippen LogP contribution >= 0.6 is 11.6 Å². The van der Waals surface area contributed by atoms with Gasteiger partial charge >= 0.3 is 0 Å². The van der Waals surface area contributed by atoms with Crippen LogP contribution in [0.4, 0.5) is 11.4 Å². The molecule has 27 heavy (non-hydrogen) atoms. The van der Waals surface area contributed by atoms with E-state index in [4.69, 9.17) is 16.3 Å². The van der Waals surface area contributed by atoms with Gasteiger partial charge in [-0.1, -0.05) is 17.7 Å². The van der Waals surface area contributed by atoms with Crippen LogP contribution in [0, 0.1) is 13.8 Å². The van der Waals surface area contributed by atoms with Crippen molar-refractivity contribution in [3.63, 3.8) is 0 Å². The Hall–Kier alpha value is -2.24. The fourth-order valence-electron chi connectivity index (χ4n) is 3.25. The molecule has 2 aromatic rings. The molecule has 1 aliphatic heterocycles. The van der Waals surface area contributed by atoms with Gasteiger partial charge in [0.25, 0.3) is 5.91 Å². The van der Waals surface area contributed by atoms with E-state index in [9.17, 15) is 4.79 Å². The lowest BCUT2D eigenvalue weighted by Gasteiger charge is -2.34. The molecule has 0 radical (unpaired) electrons. The molecule has 1 amide bonds. The second kappa shape index (κ2) is 8.63. The zero-order chi connectivity index (χ0) is 19.4. The third kappa shape index (κ3) is 5.37. The zero-order valence-electron chi connectivity index (χ0n) is 16.1. The highest BCUT2D eigenvalue weighted by Crippen LogP contribution is 2.29. The first-order chi connectivity index (χ1) is 12.9. The fraction of sp³-hybridized carbons (Fsp3) is 0.381. The number of anilines is 2. The molecule has 0 atom stereocenters. The predicted octanol–water partition coefficient (Wildman–Crippen LogP) is 3.73. The topological polar surface area (TPSA) is 44.8 Å². The minimum atomic E-state index is -0.211. The minimum Gasteiger partial charge on any atom is -0.484 e. The molecule has 1 aliphatic rings. The molecule has 144 valence electrons. The molecule has 0 unspecified atom stereocenters. The van der Waals surface area contributed by atoms with E-state index in [0.717, 1.165) is 43.0 Å². The zero-order valence-corrected chi connectivity index (χ0v) is 16.8. The molecule has 0 aromatic heterocycles. The van der Waals surface area contributed by atoms with E-state index in [1.807, 2.05) is 38.1 Å². The number of piperazine rings is 1. The molecule has 1 fully saturated rings. The van der Waals surface area contributed by atoms with Crippen LogP contribution in [0.3, 0.4) is 0 Å². The molecule has 0 bridgehead atoms. The van der Waals surface area contributed by atoms with Gasteiger partial charge < -0.3 is 19.9 Å². The smallest absolute Gasteiger partial charge is 0.262 e. The van der Waals surface area contributed by atoms with Crippen molar-refractivity contribution < 1.29 is 9.53 Å². The molecule has 1 N–H and O–H groups in total. The minimum absolute atomic E-state index is 0.0409. The monoisotopic (exact) mass is 387 g/mol. The Morgan fingerprint density at radius 3 is 2.37 bits per heavy atom. The molecule has 0 saturated carbocycles. The predicted molar refractivity (Wildman–Crippen MR) is 111 cm³/mol. The van der Waals surface area contributed by atoms with Gasteiger partial charge in [-0.15, -0.1) is 0 Å². The average molecular weight is 388 g/mol. The first-order valence-electron chi connectivity index (χ1n) is 9.15. The number of likely N-dealkylation sites (N-methyl/N-ethyl adjacent to an activating group) is 1. The van der Waals surface area contributed by atoms with E-state index in [1.165, 1.54) is 0 Å². The summed E-state index contributed by atoms with van der Waals surface area (Å²) in [5.41, 5.74) is 3.90.